The molecule has 0 radical (unpaired) electrons. The van der Waals surface area contributed by atoms with Crippen molar-refractivity contribution >= 4 is 11.8 Å². The van der Waals surface area contributed by atoms with Crippen LogP contribution in [0.2, 0.25) is 0 Å². The highest BCUT2D eigenvalue weighted by Crippen LogP contribution is 2.31. The van der Waals surface area contributed by atoms with Crippen LogP contribution in [-0.2, 0) is 4.79 Å². The minimum Gasteiger partial charge on any atom is -0.503 e. The highest BCUT2D eigenvalue weighted by atomic mass is 16.5. The highest BCUT2D eigenvalue weighted by Gasteiger charge is 2.34. The second-order valence-corrected chi connectivity index (χ2v) is 9.08. The molecule has 2 aromatic carbocycles. The van der Waals surface area contributed by atoms with Gasteiger partial charge in [-0.25, -0.2) is 4.98 Å². The molecule has 0 fully saturated rings. The van der Waals surface area contributed by atoms with Crippen molar-refractivity contribution in [2.75, 3.05) is 21.3 Å². The molecule has 3 rings (SSSR count). The zero-order valence-electron chi connectivity index (χ0n) is 21.9. The minimum absolute atomic E-state index is 0.109. The maximum absolute atomic E-state index is 13.3. The molecule has 37 heavy (non-hydrogen) atoms. The number of pyridine rings is 1. The number of benzene rings is 2. The van der Waals surface area contributed by atoms with Gasteiger partial charge < -0.3 is 30.0 Å². The lowest BCUT2D eigenvalue weighted by Gasteiger charge is -2.31. The second kappa shape index (κ2) is 11.6. The Kier molecular flexibility index (Phi) is 8.60. The molecule has 0 unspecified atom stereocenters. The molecule has 9 heteroatoms. The van der Waals surface area contributed by atoms with Gasteiger partial charge in [0.1, 0.15) is 17.0 Å². The average molecular weight is 508 g/mol. The van der Waals surface area contributed by atoms with E-state index in [1.807, 2.05) is 55.5 Å². The molecule has 0 saturated heterocycles. The van der Waals surface area contributed by atoms with Crippen molar-refractivity contribution in [1.82, 2.24) is 15.6 Å². The molecule has 0 spiro atoms. The van der Waals surface area contributed by atoms with E-state index in [2.05, 4.69) is 15.6 Å². The van der Waals surface area contributed by atoms with Gasteiger partial charge in [0.2, 0.25) is 5.91 Å². The van der Waals surface area contributed by atoms with Gasteiger partial charge in [0.15, 0.2) is 17.2 Å². The molecule has 196 valence electrons. The Morgan fingerprint density at radius 1 is 0.865 bits per heavy atom. The molecular weight excluding hydrogens is 474 g/mol. The number of amides is 2. The summed E-state index contributed by atoms with van der Waals surface area (Å²) in [5, 5.41) is 16.0. The quantitative estimate of drug-likeness (QED) is 0.383. The molecule has 3 aromatic rings. The lowest BCUT2D eigenvalue weighted by atomic mass is 9.85. The lowest BCUT2D eigenvalue weighted by molar-refractivity contribution is -0.126. The molecule has 3 N–H and O–H groups in total. The van der Waals surface area contributed by atoms with Gasteiger partial charge >= 0.3 is 0 Å². The van der Waals surface area contributed by atoms with Crippen LogP contribution in [0.25, 0.3) is 0 Å². The molecule has 0 bridgehead atoms. The number of hydrogen-bond acceptors (Lipinski definition) is 7. The number of methoxy groups -OCH3 is 3. The first-order valence-electron chi connectivity index (χ1n) is 11.7. The van der Waals surface area contributed by atoms with Gasteiger partial charge in [-0.3, -0.25) is 9.59 Å². The monoisotopic (exact) mass is 507 g/mol. The number of nitrogens with zero attached hydrogens (tertiary/aromatic N) is 1. The number of carbonyl (C=O) groups is 2. The molecule has 0 aliphatic carbocycles. The lowest BCUT2D eigenvalue weighted by Crippen LogP contribution is -2.57. The molecule has 1 atom stereocenters. The van der Waals surface area contributed by atoms with E-state index in [1.54, 1.807) is 28.1 Å². The summed E-state index contributed by atoms with van der Waals surface area (Å²) in [6, 6.07) is 16.4. The summed E-state index contributed by atoms with van der Waals surface area (Å²) in [5.41, 5.74) is 0.409. The standard InChI is InChI=1S/C28H33N3O6/c1-17(23(18-7-11-20(35-4)12-8-18)19-9-13-21(36-5)14-10-19)30-27(34)28(2,3)31-26(33)24-25(32)22(37-6)15-16-29-24/h7-17,23,32H,1-6H3,(H,30,34)(H,31,33)/t17-/m0/s1. The fourth-order valence-corrected chi connectivity index (χ4v) is 4.03. The van der Waals surface area contributed by atoms with E-state index in [0.717, 1.165) is 22.6 Å². The Balaban J connectivity index is 1.83. The Labute approximate surface area is 216 Å². The van der Waals surface area contributed by atoms with Gasteiger partial charge in [0.05, 0.1) is 21.3 Å². The maximum atomic E-state index is 13.3. The number of aromatic hydroxyl groups is 1. The molecule has 0 saturated carbocycles. The first kappa shape index (κ1) is 27.3. The first-order chi connectivity index (χ1) is 17.6. The Bertz CT molecular complexity index is 1180. The van der Waals surface area contributed by atoms with Crippen LogP contribution in [0.4, 0.5) is 0 Å². The Morgan fingerprint density at radius 3 is 1.84 bits per heavy atom. The SMILES string of the molecule is COc1ccc(C(c2ccc(OC)cc2)[C@H](C)NC(=O)C(C)(C)NC(=O)c2nccc(OC)c2O)cc1. The van der Waals surface area contributed by atoms with Crippen LogP contribution in [-0.4, -0.2) is 54.8 Å². The van der Waals surface area contributed by atoms with Gasteiger partial charge in [0.25, 0.3) is 5.91 Å². The van der Waals surface area contributed by atoms with E-state index in [9.17, 15) is 14.7 Å². The molecule has 0 aliphatic rings. The van der Waals surface area contributed by atoms with Crippen molar-refractivity contribution in [3.63, 3.8) is 0 Å². The summed E-state index contributed by atoms with van der Waals surface area (Å²) in [6.07, 6.45) is 1.34. The van der Waals surface area contributed by atoms with Crippen LogP contribution >= 0.6 is 0 Å². The second-order valence-electron chi connectivity index (χ2n) is 9.08. The fraction of sp³-hybridized carbons (Fsp3) is 0.321. The van der Waals surface area contributed by atoms with Gasteiger partial charge in [-0.2, -0.15) is 0 Å². The summed E-state index contributed by atoms with van der Waals surface area (Å²) in [7, 11) is 4.59. The smallest absolute Gasteiger partial charge is 0.274 e. The van der Waals surface area contributed by atoms with E-state index >= 15 is 0 Å². The molecule has 2 amide bonds. The van der Waals surface area contributed by atoms with Gasteiger partial charge in [-0.05, 0) is 56.2 Å². The number of ether oxygens (including phenoxy) is 3. The van der Waals surface area contributed by atoms with Crippen molar-refractivity contribution in [2.24, 2.45) is 0 Å². The van der Waals surface area contributed by atoms with Gasteiger partial charge in [0, 0.05) is 24.2 Å². The first-order valence-corrected chi connectivity index (χ1v) is 11.7. The van der Waals surface area contributed by atoms with Crippen LogP contribution in [0, 0.1) is 0 Å². The van der Waals surface area contributed by atoms with Crippen molar-refractivity contribution in [3.05, 3.63) is 77.6 Å². The number of carbonyl (C=O) groups excluding carboxylic acids is 2. The van der Waals surface area contributed by atoms with Crippen molar-refractivity contribution in [2.45, 2.75) is 38.3 Å². The summed E-state index contributed by atoms with van der Waals surface area (Å²) in [4.78, 5) is 30.1. The molecule has 1 aromatic heterocycles. The number of nitrogens with one attached hydrogen (secondary N) is 2. The van der Waals surface area contributed by atoms with Crippen LogP contribution in [0.5, 0.6) is 23.0 Å². The topological polar surface area (TPSA) is 119 Å². The Morgan fingerprint density at radius 2 is 1.38 bits per heavy atom. The molecule has 1 heterocycles. The summed E-state index contributed by atoms with van der Waals surface area (Å²) in [6.45, 7) is 5.07. The molecular formula is C28H33N3O6. The van der Waals surface area contributed by atoms with Crippen molar-refractivity contribution in [3.8, 4) is 23.0 Å². The fourth-order valence-electron chi connectivity index (χ4n) is 4.03. The molecule has 9 nitrogen and oxygen atoms in total. The van der Waals surface area contributed by atoms with E-state index in [-0.39, 0.29) is 23.4 Å². The van der Waals surface area contributed by atoms with E-state index < -0.39 is 23.1 Å². The Hall–Kier alpha value is -4.27. The normalized spacial score (nSPS) is 12.0. The number of hydrogen-bond donors (Lipinski definition) is 3. The summed E-state index contributed by atoms with van der Waals surface area (Å²) >= 11 is 0. The third-order valence-electron chi connectivity index (χ3n) is 6.12. The van der Waals surface area contributed by atoms with Crippen LogP contribution in [0.1, 0.15) is 48.3 Å². The van der Waals surface area contributed by atoms with Crippen molar-refractivity contribution < 1.29 is 28.9 Å². The summed E-state index contributed by atoms with van der Waals surface area (Å²) < 4.78 is 15.6. The third kappa shape index (κ3) is 6.30. The van der Waals surface area contributed by atoms with E-state index in [4.69, 9.17) is 14.2 Å². The third-order valence-corrected chi connectivity index (χ3v) is 6.12. The van der Waals surface area contributed by atoms with Crippen molar-refractivity contribution in [1.29, 1.82) is 0 Å². The average Bonchev–Trinajstić information content (AvgIpc) is 2.89. The van der Waals surface area contributed by atoms with Crippen LogP contribution in [0.15, 0.2) is 60.8 Å². The van der Waals surface area contributed by atoms with E-state index in [0.29, 0.717) is 0 Å². The zero-order valence-corrected chi connectivity index (χ0v) is 21.9. The predicted molar refractivity (Wildman–Crippen MR) is 139 cm³/mol. The van der Waals surface area contributed by atoms with Crippen LogP contribution < -0.4 is 24.8 Å². The minimum atomic E-state index is -1.31. The zero-order chi connectivity index (χ0) is 27.2. The van der Waals surface area contributed by atoms with Gasteiger partial charge in [-0.1, -0.05) is 24.3 Å². The highest BCUT2D eigenvalue weighted by molar-refractivity contribution is 5.99. The number of rotatable bonds is 10. The predicted octanol–water partition coefficient (Wildman–Crippen LogP) is 3.66. The number of aromatic nitrogens is 1. The van der Waals surface area contributed by atoms with Crippen LogP contribution in [0.3, 0.4) is 0 Å². The maximum Gasteiger partial charge on any atom is 0.274 e. The van der Waals surface area contributed by atoms with E-state index in [1.165, 1.54) is 19.4 Å². The largest absolute Gasteiger partial charge is 0.503 e. The van der Waals surface area contributed by atoms with Gasteiger partial charge in [-0.15, -0.1) is 0 Å². The summed E-state index contributed by atoms with van der Waals surface area (Å²) in [5.74, 6) is -0.131. The molecule has 0 aliphatic heterocycles.